The van der Waals surface area contributed by atoms with Gasteiger partial charge in [0, 0.05) is 13.0 Å². The van der Waals surface area contributed by atoms with Crippen molar-refractivity contribution in [2.45, 2.75) is 277 Å². The van der Waals surface area contributed by atoms with Crippen molar-refractivity contribution in [3.63, 3.8) is 0 Å². The van der Waals surface area contributed by atoms with Gasteiger partial charge in [0.2, 0.25) is 0 Å². The number of hydrogen-bond acceptors (Lipinski definition) is 6. The summed E-state index contributed by atoms with van der Waals surface area (Å²) in [5, 5.41) is 0. The number of carbonyl (C=O) groups excluding carboxylic acids is 1. The number of phosphoric ester groups is 1. The number of likely N-dealkylation sites (N-methyl/N-ethyl adjacent to an activating group) is 1. The number of rotatable bonds is 54. The number of quaternary nitrogens is 1. The SMILES string of the molecule is CCCCCCC/C=C\C/C=C\CCCCCCCCCCCCCCCCOCC(COP(=O)(O)OCC[N+](C)(C)C)OC(=O)CCCCCCCCCCC/C=C\CCCCCCCC. The minimum atomic E-state index is -4.28. The molecule has 1 N–H and O–H groups in total. The van der Waals surface area contributed by atoms with Gasteiger partial charge in [-0.15, -0.1) is 0 Å². The second kappa shape index (κ2) is 51.1. The first-order valence-electron chi connectivity index (χ1n) is 28.7. The van der Waals surface area contributed by atoms with Crippen LogP contribution in [0.2, 0.25) is 0 Å². The van der Waals surface area contributed by atoms with Gasteiger partial charge in [0.05, 0.1) is 34.4 Å². The van der Waals surface area contributed by atoms with Crippen LogP contribution in [0, 0.1) is 0 Å². The maximum absolute atomic E-state index is 12.8. The van der Waals surface area contributed by atoms with Crippen LogP contribution in [0.3, 0.4) is 0 Å². The van der Waals surface area contributed by atoms with E-state index in [0.29, 0.717) is 24.1 Å². The molecule has 0 rings (SSSR count). The Morgan fingerprint density at radius 1 is 0.463 bits per heavy atom. The second-order valence-electron chi connectivity index (χ2n) is 20.7. The average molecular weight is 968 g/mol. The molecule has 0 radical (unpaired) electrons. The van der Waals surface area contributed by atoms with Crippen LogP contribution in [-0.2, 0) is 27.9 Å². The van der Waals surface area contributed by atoms with Crippen molar-refractivity contribution < 1.29 is 37.3 Å². The van der Waals surface area contributed by atoms with Crippen molar-refractivity contribution in [1.29, 1.82) is 0 Å². The lowest BCUT2D eigenvalue weighted by molar-refractivity contribution is -0.870. The summed E-state index contributed by atoms with van der Waals surface area (Å²) in [6.45, 7) is 5.65. The zero-order valence-corrected chi connectivity index (χ0v) is 46.0. The van der Waals surface area contributed by atoms with Crippen molar-refractivity contribution in [3.05, 3.63) is 36.5 Å². The van der Waals surface area contributed by atoms with Gasteiger partial charge in [0.25, 0.3) is 0 Å². The van der Waals surface area contributed by atoms with Gasteiger partial charge in [0.15, 0.2) is 0 Å². The van der Waals surface area contributed by atoms with Crippen LogP contribution in [0.4, 0.5) is 0 Å². The van der Waals surface area contributed by atoms with E-state index in [-0.39, 0.29) is 25.8 Å². The molecule has 396 valence electrons. The van der Waals surface area contributed by atoms with E-state index in [1.807, 2.05) is 21.1 Å². The van der Waals surface area contributed by atoms with Crippen molar-refractivity contribution in [3.8, 4) is 0 Å². The molecule has 0 aromatic rings. The van der Waals surface area contributed by atoms with Crippen LogP contribution in [-0.4, -0.2) is 75.6 Å². The van der Waals surface area contributed by atoms with E-state index in [1.54, 1.807) is 0 Å². The van der Waals surface area contributed by atoms with Gasteiger partial charge in [-0.2, -0.15) is 0 Å². The summed E-state index contributed by atoms with van der Waals surface area (Å²) >= 11 is 0. The smallest absolute Gasteiger partial charge is 0.457 e. The fraction of sp³-hybridized carbons (Fsp3) is 0.879. The zero-order valence-electron chi connectivity index (χ0n) is 45.2. The van der Waals surface area contributed by atoms with E-state index in [2.05, 4.69) is 50.3 Å². The topological polar surface area (TPSA) is 91.3 Å². The average Bonchev–Trinajstić information content (AvgIpc) is 3.29. The molecule has 0 aliphatic carbocycles. The van der Waals surface area contributed by atoms with E-state index in [1.165, 1.54) is 212 Å². The monoisotopic (exact) mass is 967 g/mol. The van der Waals surface area contributed by atoms with Gasteiger partial charge in [-0.3, -0.25) is 13.8 Å². The Kier molecular flexibility index (Phi) is 50.1. The Bertz CT molecular complexity index is 1170. The standard InChI is InChI=1S/C58H112NO7P/c1-6-8-10-12-14-16-18-20-22-24-26-27-28-29-30-31-32-34-36-38-40-42-44-46-48-50-53-63-55-57(56-65-67(61,62)64-54-52-59(3,4)5)66-58(60)51-49-47-45-43-41-39-37-35-33-25-23-21-19-17-15-13-11-9-7-2/h18,20-21,23-24,26,57H,6-17,19,22,25,27-56H2,1-5H3/p+1/b20-18-,23-21-,26-24-. The van der Waals surface area contributed by atoms with Crippen molar-refractivity contribution >= 4 is 13.8 Å². The molecule has 0 fully saturated rings. The maximum atomic E-state index is 12.8. The van der Waals surface area contributed by atoms with Crippen LogP contribution in [0.25, 0.3) is 0 Å². The molecular weight excluding hydrogens is 854 g/mol. The van der Waals surface area contributed by atoms with Gasteiger partial charge in [-0.1, -0.05) is 230 Å². The van der Waals surface area contributed by atoms with E-state index in [0.717, 1.165) is 38.5 Å². The number of nitrogens with zero attached hydrogens (tertiary/aromatic N) is 1. The Labute approximate surface area is 416 Å². The summed E-state index contributed by atoms with van der Waals surface area (Å²) in [7, 11) is 1.68. The summed E-state index contributed by atoms with van der Waals surface area (Å²) in [6.07, 6.45) is 63.5. The van der Waals surface area contributed by atoms with Gasteiger partial charge in [0.1, 0.15) is 19.3 Å². The van der Waals surface area contributed by atoms with Gasteiger partial charge >= 0.3 is 13.8 Å². The zero-order chi connectivity index (χ0) is 49.0. The molecule has 67 heavy (non-hydrogen) atoms. The molecule has 0 aromatic carbocycles. The number of allylic oxidation sites excluding steroid dienone is 6. The van der Waals surface area contributed by atoms with E-state index < -0.39 is 13.9 Å². The normalized spacial score (nSPS) is 13.7. The highest BCUT2D eigenvalue weighted by Crippen LogP contribution is 2.43. The quantitative estimate of drug-likeness (QED) is 0.0213. The molecule has 0 saturated heterocycles. The molecule has 2 unspecified atom stereocenters. The summed E-state index contributed by atoms with van der Waals surface area (Å²) in [6, 6.07) is 0. The van der Waals surface area contributed by atoms with E-state index in [4.69, 9.17) is 18.5 Å². The predicted molar refractivity (Wildman–Crippen MR) is 289 cm³/mol. The van der Waals surface area contributed by atoms with E-state index in [9.17, 15) is 14.3 Å². The third-order valence-corrected chi connectivity index (χ3v) is 13.7. The molecule has 0 aliphatic heterocycles. The number of ether oxygens (including phenoxy) is 2. The molecule has 0 saturated carbocycles. The largest absolute Gasteiger partial charge is 0.472 e. The van der Waals surface area contributed by atoms with Crippen molar-refractivity contribution in [1.82, 2.24) is 0 Å². The number of carbonyl (C=O) groups is 1. The third-order valence-electron chi connectivity index (χ3n) is 12.7. The molecule has 0 aliphatic rings. The minimum Gasteiger partial charge on any atom is -0.457 e. The molecule has 9 heteroatoms. The summed E-state index contributed by atoms with van der Waals surface area (Å²) < 4.78 is 35.3. The van der Waals surface area contributed by atoms with Gasteiger partial charge in [-0.05, 0) is 70.6 Å². The lowest BCUT2D eigenvalue weighted by Gasteiger charge is -2.24. The van der Waals surface area contributed by atoms with Crippen LogP contribution >= 0.6 is 7.82 Å². The fourth-order valence-electron chi connectivity index (χ4n) is 8.23. The molecular formula is C58H113NO7P+. The van der Waals surface area contributed by atoms with Crippen molar-refractivity contribution in [2.24, 2.45) is 0 Å². The maximum Gasteiger partial charge on any atom is 0.472 e. The van der Waals surface area contributed by atoms with Gasteiger partial charge < -0.3 is 18.9 Å². The molecule has 0 spiro atoms. The van der Waals surface area contributed by atoms with Crippen LogP contribution in [0.15, 0.2) is 36.5 Å². The summed E-state index contributed by atoms with van der Waals surface area (Å²) in [4.78, 5) is 23.1. The molecule has 8 nitrogen and oxygen atoms in total. The van der Waals surface area contributed by atoms with Crippen LogP contribution in [0.1, 0.15) is 271 Å². The molecule has 0 heterocycles. The Hall–Kier alpha value is -1.28. The molecule has 0 amide bonds. The summed E-state index contributed by atoms with van der Waals surface area (Å²) in [5.74, 6) is -0.312. The fourth-order valence-corrected chi connectivity index (χ4v) is 8.97. The van der Waals surface area contributed by atoms with Crippen LogP contribution in [0.5, 0.6) is 0 Å². The minimum absolute atomic E-state index is 0.0893. The number of esters is 1. The Morgan fingerprint density at radius 3 is 1.22 bits per heavy atom. The first-order chi connectivity index (χ1) is 32.6. The summed E-state index contributed by atoms with van der Waals surface area (Å²) in [5.41, 5.74) is 0. The van der Waals surface area contributed by atoms with E-state index >= 15 is 0 Å². The van der Waals surface area contributed by atoms with Crippen LogP contribution < -0.4 is 0 Å². The Morgan fingerprint density at radius 2 is 0.821 bits per heavy atom. The highest BCUT2D eigenvalue weighted by Gasteiger charge is 2.26. The first kappa shape index (κ1) is 65.7. The second-order valence-corrected chi connectivity index (χ2v) is 22.1. The number of unbranched alkanes of at least 4 members (excludes halogenated alkanes) is 34. The molecule has 0 aromatic heterocycles. The highest BCUT2D eigenvalue weighted by atomic mass is 31.2. The number of phosphoric acid groups is 1. The van der Waals surface area contributed by atoms with Gasteiger partial charge in [-0.25, -0.2) is 4.57 Å². The number of hydrogen-bond donors (Lipinski definition) is 1. The van der Waals surface area contributed by atoms with Crippen molar-refractivity contribution in [2.75, 3.05) is 54.1 Å². The first-order valence-corrected chi connectivity index (χ1v) is 30.2. The molecule has 2 atom stereocenters. The lowest BCUT2D eigenvalue weighted by Crippen LogP contribution is -2.37. The highest BCUT2D eigenvalue weighted by molar-refractivity contribution is 7.47. The lowest BCUT2D eigenvalue weighted by atomic mass is 10.0. The molecule has 0 bridgehead atoms. The predicted octanol–water partition coefficient (Wildman–Crippen LogP) is 18.1. The Balaban J connectivity index is 4.04. The third kappa shape index (κ3) is 55.5.